The first-order valence-corrected chi connectivity index (χ1v) is 7.51. The van der Waals surface area contributed by atoms with Crippen LogP contribution in [0.15, 0.2) is 0 Å². The highest BCUT2D eigenvalue weighted by atomic mass is 16.7. The Hall–Kier alpha value is -1.75. The molecule has 1 saturated heterocycles. The molecule has 0 saturated carbocycles. The first-order valence-electron chi connectivity index (χ1n) is 7.51. The molecule has 0 radical (unpaired) electrons. The van der Waals surface area contributed by atoms with Crippen molar-refractivity contribution in [3.63, 3.8) is 0 Å². The molecule has 138 valence electrons. The van der Waals surface area contributed by atoms with E-state index in [0.717, 1.165) is 0 Å². The van der Waals surface area contributed by atoms with Gasteiger partial charge in [-0.15, -0.1) is 0 Å². The van der Waals surface area contributed by atoms with Crippen molar-refractivity contribution < 1.29 is 38.4 Å². The molecule has 0 bridgehead atoms. The Labute approximate surface area is 139 Å². The number of esters is 3. The van der Waals surface area contributed by atoms with Gasteiger partial charge in [-0.25, -0.2) is 0 Å². The quantitative estimate of drug-likeness (QED) is 0.350. The number of carbonyl (C=O) groups excluding carboxylic acids is 3. The Kier molecular flexibility index (Phi) is 8.05. The van der Waals surface area contributed by atoms with Gasteiger partial charge in [0.25, 0.3) is 0 Å². The van der Waals surface area contributed by atoms with E-state index < -0.39 is 48.6 Å². The van der Waals surface area contributed by atoms with Crippen molar-refractivity contribution in [1.82, 2.24) is 5.32 Å². The summed E-state index contributed by atoms with van der Waals surface area (Å²) in [6.07, 6.45) is -4.48. The number of hydrogen-bond acceptors (Lipinski definition) is 10. The summed E-state index contributed by atoms with van der Waals surface area (Å²) in [4.78, 5) is 33.8. The number of aliphatic hydroxyl groups excluding tert-OH is 1. The molecule has 10 nitrogen and oxygen atoms in total. The fraction of sp³-hybridized carbons (Fsp3) is 0.786. The van der Waals surface area contributed by atoms with E-state index in [1.807, 2.05) is 0 Å². The van der Waals surface area contributed by atoms with E-state index in [1.54, 1.807) is 0 Å². The Bertz CT molecular complexity index is 458. The van der Waals surface area contributed by atoms with Crippen molar-refractivity contribution in [2.45, 2.75) is 51.4 Å². The highest BCUT2D eigenvalue weighted by Crippen LogP contribution is 2.26. The number of carbonyl (C=O) groups is 3. The van der Waals surface area contributed by atoms with Crippen molar-refractivity contribution >= 4 is 17.9 Å². The molecule has 2 unspecified atom stereocenters. The van der Waals surface area contributed by atoms with Crippen LogP contribution < -0.4 is 11.1 Å². The fourth-order valence-electron chi connectivity index (χ4n) is 2.39. The second-order valence-electron chi connectivity index (χ2n) is 5.28. The van der Waals surface area contributed by atoms with E-state index in [2.05, 4.69) is 5.32 Å². The Morgan fingerprint density at radius 3 is 2.17 bits per heavy atom. The van der Waals surface area contributed by atoms with Gasteiger partial charge in [-0.05, 0) is 0 Å². The molecule has 24 heavy (non-hydrogen) atoms. The molecule has 1 aliphatic rings. The van der Waals surface area contributed by atoms with Gasteiger partial charge in [0.1, 0.15) is 12.7 Å². The Balaban J connectivity index is 3.04. The third-order valence-electron chi connectivity index (χ3n) is 3.24. The third kappa shape index (κ3) is 6.04. The zero-order valence-electron chi connectivity index (χ0n) is 13.9. The lowest BCUT2D eigenvalue weighted by Crippen LogP contribution is -2.65. The summed E-state index contributed by atoms with van der Waals surface area (Å²) in [5, 5.41) is 13.1. The number of ether oxygens (including phenoxy) is 4. The van der Waals surface area contributed by atoms with Gasteiger partial charge in [-0.3, -0.25) is 14.4 Å². The highest BCUT2D eigenvalue weighted by molar-refractivity contribution is 5.67. The van der Waals surface area contributed by atoms with Crippen LogP contribution in [0.5, 0.6) is 0 Å². The van der Waals surface area contributed by atoms with Crippen molar-refractivity contribution in [2.24, 2.45) is 5.73 Å². The van der Waals surface area contributed by atoms with E-state index in [1.165, 1.54) is 20.8 Å². The van der Waals surface area contributed by atoms with Crippen LogP contribution in [-0.2, 0) is 33.3 Å². The predicted molar refractivity (Wildman–Crippen MR) is 79.5 cm³/mol. The van der Waals surface area contributed by atoms with Crippen LogP contribution in [0.1, 0.15) is 20.8 Å². The smallest absolute Gasteiger partial charge is 0.303 e. The molecule has 4 N–H and O–H groups in total. The van der Waals surface area contributed by atoms with Gasteiger partial charge in [-0.2, -0.15) is 0 Å². The molecular formula is C14H24N2O8. The number of nitrogens with two attached hydrogens (primary N) is 1. The van der Waals surface area contributed by atoms with Gasteiger partial charge >= 0.3 is 17.9 Å². The van der Waals surface area contributed by atoms with Gasteiger partial charge < -0.3 is 35.1 Å². The van der Waals surface area contributed by atoms with Crippen LogP contribution in [0.4, 0.5) is 0 Å². The molecule has 1 rings (SSSR count). The largest absolute Gasteiger partial charge is 0.463 e. The van der Waals surface area contributed by atoms with Crippen LogP contribution in [0.3, 0.4) is 0 Å². The summed E-state index contributed by atoms with van der Waals surface area (Å²) in [5.41, 5.74) is 5.43. The first-order chi connectivity index (χ1) is 11.3. The molecule has 1 heterocycles. The minimum atomic E-state index is -1.38. The van der Waals surface area contributed by atoms with Crippen LogP contribution in [0.25, 0.3) is 0 Å². The minimum Gasteiger partial charge on any atom is -0.463 e. The van der Waals surface area contributed by atoms with Gasteiger partial charge in [0.2, 0.25) is 0 Å². The second kappa shape index (κ2) is 9.52. The van der Waals surface area contributed by atoms with Crippen molar-refractivity contribution in [1.29, 1.82) is 0 Å². The Morgan fingerprint density at radius 1 is 1.08 bits per heavy atom. The molecular weight excluding hydrogens is 324 g/mol. The maximum Gasteiger partial charge on any atom is 0.303 e. The number of nitrogens with one attached hydrogen (secondary N) is 1. The molecule has 5 atom stereocenters. The lowest BCUT2D eigenvalue weighted by molar-refractivity contribution is -0.265. The lowest BCUT2D eigenvalue weighted by atomic mass is 9.96. The van der Waals surface area contributed by atoms with E-state index >= 15 is 0 Å². The molecule has 0 spiro atoms. The fourth-order valence-corrected chi connectivity index (χ4v) is 2.39. The van der Waals surface area contributed by atoms with Gasteiger partial charge in [0.05, 0.1) is 6.04 Å². The average Bonchev–Trinajstić information content (AvgIpc) is 2.46. The van der Waals surface area contributed by atoms with Crippen molar-refractivity contribution in [3.05, 3.63) is 0 Å². The summed E-state index contributed by atoms with van der Waals surface area (Å²) in [5.74, 6) is -1.83. The standard InChI is InChI=1S/C14H24N2O8/c1-7(17)21-6-10-12(22-8(2)18)13(23-9(3)19)11(14(20)24-10)16-5-4-15/h10-14,16,20H,4-6,15H2,1-3H3/t10?,11?,12-,13-,14+/m0/s1. The summed E-state index contributed by atoms with van der Waals surface area (Å²) < 4.78 is 20.7. The number of hydrogen-bond donors (Lipinski definition) is 3. The molecule has 0 aromatic carbocycles. The molecule has 10 heteroatoms. The summed E-state index contributed by atoms with van der Waals surface area (Å²) in [6.45, 7) is 3.88. The first kappa shape index (κ1) is 20.3. The lowest BCUT2D eigenvalue weighted by Gasteiger charge is -2.43. The van der Waals surface area contributed by atoms with E-state index in [-0.39, 0.29) is 13.2 Å². The SMILES string of the molecule is CC(=O)OCC1O[C@@H](O)C(NCCN)[C@H](OC(C)=O)[C@H]1OC(C)=O. The molecule has 1 fully saturated rings. The molecule has 0 aliphatic carbocycles. The van der Waals surface area contributed by atoms with Crippen molar-refractivity contribution in [2.75, 3.05) is 19.7 Å². The van der Waals surface area contributed by atoms with E-state index in [9.17, 15) is 19.5 Å². The number of rotatable bonds is 7. The Morgan fingerprint density at radius 2 is 1.67 bits per heavy atom. The minimum absolute atomic E-state index is 0.269. The predicted octanol–water partition coefficient (Wildman–Crippen LogP) is -1.95. The maximum atomic E-state index is 11.4. The van der Waals surface area contributed by atoms with E-state index in [0.29, 0.717) is 6.54 Å². The molecule has 0 aromatic heterocycles. The molecule has 0 aromatic rings. The van der Waals surface area contributed by atoms with Gasteiger partial charge in [-0.1, -0.05) is 0 Å². The van der Waals surface area contributed by atoms with Crippen LogP contribution in [-0.4, -0.2) is 73.4 Å². The van der Waals surface area contributed by atoms with E-state index in [4.69, 9.17) is 24.7 Å². The van der Waals surface area contributed by atoms with Crippen LogP contribution in [0, 0.1) is 0 Å². The highest BCUT2D eigenvalue weighted by Gasteiger charge is 2.49. The van der Waals surface area contributed by atoms with Crippen molar-refractivity contribution in [3.8, 4) is 0 Å². The average molecular weight is 348 g/mol. The van der Waals surface area contributed by atoms with Gasteiger partial charge in [0.15, 0.2) is 18.5 Å². The van der Waals surface area contributed by atoms with Gasteiger partial charge in [0, 0.05) is 33.9 Å². The molecule has 1 aliphatic heterocycles. The zero-order valence-corrected chi connectivity index (χ0v) is 13.9. The van der Waals surface area contributed by atoms with Crippen LogP contribution >= 0.6 is 0 Å². The summed E-state index contributed by atoms with van der Waals surface area (Å²) in [6, 6.07) is -0.865. The molecule has 0 amide bonds. The summed E-state index contributed by atoms with van der Waals surface area (Å²) in [7, 11) is 0. The third-order valence-corrected chi connectivity index (χ3v) is 3.24. The number of aliphatic hydroxyl groups is 1. The normalized spacial score (nSPS) is 29.6. The topological polar surface area (TPSA) is 146 Å². The zero-order chi connectivity index (χ0) is 18.3. The second-order valence-corrected chi connectivity index (χ2v) is 5.28. The summed E-state index contributed by atoms with van der Waals surface area (Å²) >= 11 is 0. The van der Waals surface area contributed by atoms with Crippen LogP contribution in [0.2, 0.25) is 0 Å². The monoisotopic (exact) mass is 348 g/mol. The maximum absolute atomic E-state index is 11.4.